The van der Waals surface area contributed by atoms with E-state index in [2.05, 4.69) is 4.98 Å². The van der Waals surface area contributed by atoms with Gasteiger partial charge in [-0.15, -0.1) is 0 Å². The van der Waals surface area contributed by atoms with E-state index >= 15 is 0 Å². The number of nitrogens with two attached hydrogens (primary N) is 1. The summed E-state index contributed by atoms with van der Waals surface area (Å²) in [4.78, 5) is 18.8. The lowest BCUT2D eigenvalue weighted by atomic mass is 9.91. The largest absolute Gasteiger partial charge is 0.334 e. The van der Waals surface area contributed by atoms with E-state index < -0.39 is 0 Å². The Morgan fingerprint density at radius 3 is 2.67 bits per heavy atom. The summed E-state index contributed by atoms with van der Waals surface area (Å²) in [5.41, 5.74) is 8.07. The van der Waals surface area contributed by atoms with Gasteiger partial charge in [-0.05, 0) is 45.2 Å². The number of pyridine rings is 1. The van der Waals surface area contributed by atoms with Crippen molar-refractivity contribution in [3.63, 3.8) is 0 Å². The van der Waals surface area contributed by atoms with Crippen molar-refractivity contribution >= 4 is 5.91 Å². The third-order valence-electron chi connectivity index (χ3n) is 3.60. The number of rotatable bonds is 4. The minimum Gasteiger partial charge on any atom is -0.334 e. The maximum Gasteiger partial charge on any atom is 0.255 e. The maximum absolute atomic E-state index is 12.5. The minimum atomic E-state index is 0.0788. The number of nitrogens with zero attached hydrogens (tertiary/aromatic N) is 2. The highest BCUT2D eigenvalue weighted by Crippen LogP contribution is 2.26. The molecule has 4 heteroatoms. The maximum atomic E-state index is 12.5. The molecule has 1 amide bonds. The first-order chi connectivity index (χ1) is 8.63. The van der Waals surface area contributed by atoms with E-state index in [1.807, 2.05) is 30.9 Å². The molecular formula is C14H21N3O. The van der Waals surface area contributed by atoms with E-state index in [1.54, 1.807) is 0 Å². The van der Waals surface area contributed by atoms with Crippen molar-refractivity contribution in [2.75, 3.05) is 13.1 Å². The second-order valence-corrected chi connectivity index (χ2v) is 4.96. The highest BCUT2D eigenvalue weighted by Gasteiger charge is 2.29. The van der Waals surface area contributed by atoms with E-state index in [1.165, 1.54) is 6.42 Å². The summed E-state index contributed by atoms with van der Waals surface area (Å²) < 4.78 is 0. The summed E-state index contributed by atoms with van der Waals surface area (Å²) in [5, 5.41) is 0. The predicted octanol–water partition coefficient (Wildman–Crippen LogP) is 1.65. The Labute approximate surface area is 108 Å². The molecule has 18 heavy (non-hydrogen) atoms. The molecule has 1 saturated carbocycles. The molecule has 1 fully saturated rings. The number of aryl methyl sites for hydroxylation is 2. The van der Waals surface area contributed by atoms with Crippen LogP contribution in [0.2, 0.25) is 0 Å². The summed E-state index contributed by atoms with van der Waals surface area (Å²) >= 11 is 0. The number of carbonyl (C=O) groups excluding carboxylic acids is 1. The summed E-state index contributed by atoms with van der Waals surface area (Å²) in [6, 6.07) is 4.14. The molecule has 0 aromatic carbocycles. The van der Waals surface area contributed by atoms with Crippen LogP contribution in [0.3, 0.4) is 0 Å². The van der Waals surface area contributed by atoms with Gasteiger partial charge in [-0.25, -0.2) is 0 Å². The van der Waals surface area contributed by atoms with Crippen molar-refractivity contribution in [2.45, 2.75) is 39.2 Å². The average molecular weight is 247 g/mol. The van der Waals surface area contributed by atoms with Crippen molar-refractivity contribution < 1.29 is 4.79 Å². The van der Waals surface area contributed by atoms with Crippen LogP contribution < -0.4 is 5.73 Å². The summed E-state index contributed by atoms with van der Waals surface area (Å²) in [5.74, 6) is 0.0788. The van der Waals surface area contributed by atoms with Gasteiger partial charge in [0.25, 0.3) is 5.91 Å². The molecule has 0 unspecified atom stereocenters. The van der Waals surface area contributed by atoms with Crippen molar-refractivity contribution in [3.05, 3.63) is 29.1 Å². The van der Waals surface area contributed by atoms with Crippen LogP contribution in [0.25, 0.3) is 0 Å². The molecule has 98 valence electrons. The molecule has 0 atom stereocenters. The zero-order valence-corrected chi connectivity index (χ0v) is 11.1. The highest BCUT2D eigenvalue weighted by atomic mass is 16.2. The second kappa shape index (κ2) is 5.48. The first-order valence-corrected chi connectivity index (χ1v) is 6.58. The Bertz CT molecular complexity index is 441. The molecule has 0 aliphatic heterocycles. The summed E-state index contributed by atoms with van der Waals surface area (Å²) in [7, 11) is 0. The smallest absolute Gasteiger partial charge is 0.255 e. The van der Waals surface area contributed by atoms with Gasteiger partial charge in [0.15, 0.2) is 0 Å². The van der Waals surface area contributed by atoms with Gasteiger partial charge in [0.2, 0.25) is 0 Å². The average Bonchev–Trinajstić information content (AvgIpc) is 2.25. The molecule has 1 aliphatic carbocycles. The molecule has 0 bridgehead atoms. The molecule has 2 rings (SSSR count). The van der Waals surface area contributed by atoms with Crippen molar-refractivity contribution in [1.82, 2.24) is 9.88 Å². The summed E-state index contributed by atoms with van der Waals surface area (Å²) in [6.07, 6.45) is 3.41. The van der Waals surface area contributed by atoms with Crippen molar-refractivity contribution in [2.24, 2.45) is 5.73 Å². The van der Waals surface area contributed by atoms with Crippen LogP contribution in [-0.4, -0.2) is 34.9 Å². The zero-order chi connectivity index (χ0) is 13.1. The molecule has 0 radical (unpaired) electrons. The molecule has 4 nitrogen and oxygen atoms in total. The van der Waals surface area contributed by atoms with Crippen LogP contribution in [0.15, 0.2) is 12.1 Å². The number of aromatic nitrogens is 1. The fraction of sp³-hybridized carbons (Fsp3) is 0.571. The Kier molecular flexibility index (Phi) is 3.97. The van der Waals surface area contributed by atoms with Gasteiger partial charge in [0.05, 0.1) is 11.3 Å². The van der Waals surface area contributed by atoms with Gasteiger partial charge in [-0.3, -0.25) is 9.78 Å². The highest BCUT2D eigenvalue weighted by molar-refractivity contribution is 5.95. The molecule has 1 aliphatic rings. The van der Waals surface area contributed by atoms with Crippen LogP contribution in [0, 0.1) is 13.8 Å². The zero-order valence-electron chi connectivity index (χ0n) is 11.1. The van der Waals surface area contributed by atoms with Gasteiger partial charge < -0.3 is 10.6 Å². The topological polar surface area (TPSA) is 59.2 Å². The standard InChI is InChI=1S/C14H21N3O/c1-10-6-7-13(11(2)16-10)14(18)17(9-8-15)12-4-3-5-12/h6-7,12H,3-5,8-9,15H2,1-2H3. The van der Waals surface area contributed by atoms with Crippen LogP contribution >= 0.6 is 0 Å². The second-order valence-electron chi connectivity index (χ2n) is 4.96. The van der Waals surface area contributed by atoms with Crippen molar-refractivity contribution in [3.8, 4) is 0 Å². The lowest BCUT2D eigenvalue weighted by Crippen LogP contribution is -2.46. The van der Waals surface area contributed by atoms with E-state index in [0.717, 1.165) is 24.2 Å². The van der Waals surface area contributed by atoms with E-state index in [0.29, 0.717) is 24.7 Å². The van der Waals surface area contributed by atoms with Crippen LogP contribution in [0.5, 0.6) is 0 Å². The van der Waals surface area contributed by atoms with Crippen LogP contribution in [-0.2, 0) is 0 Å². The van der Waals surface area contributed by atoms with Gasteiger partial charge in [-0.2, -0.15) is 0 Å². The Morgan fingerprint density at radius 1 is 1.44 bits per heavy atom. The van der Waals surface area contributed by atoms with E-state index in [4.69, 9.17) is 5.73 Å². The number of amides is 1. The molecule has 1 heterocycles. The quantitative estimate of drug-likeness (QED) is 0.880. The fourth-order valence-electron chi connectivity index (χ4n) is 2.35. The molecular weight excluding hydrogens is 226 g/mol. The molecule has 1 aromatic rings. The third kappa shape index (κ3) is 2.53. The lowest BCUT2D eigenvalue weighted by molar-refractivity contribution is 0.0587. The molecule has 1 aromatic heterocycles. The number of hydrogen-bond donors (Lipinski definition) is 1. The third-order valence-corrected chi connectivity index (χ3v) is 3.60. The first-order valence-electron chi connectivity index (χ1n) is 6.58. The molecule has 0 spiro atoms. The Balaban J connectivity index is 2.21. The van der Waals surface area contributed by atoms with E-state index in [-0.39, 0.29) is 5.91 Å². The van der Waals surface area contributed by atoms with Crippen molar-refractivity contribution in [1.29, 1.82) is 0 Å². The minimum absolute atomic E-state index is 0.0788. The number of hydrogen-bond acceptors (Lipinski definition) is 3. The van der Waals surface area contributed by atoms with Gasteiger partial charge in [0, 0.05) is 24.8 Å². The Hall–Kier alpha value is -1.42. The first kappa shape index (κ1) is 13.0. The lowest BCUT2D eigenvalue weighted by Gasteiger charge is -2.37. The summed E-state index contributed by atoms with van der Waals surface area (Å²) in [6.45, 7) is 4.98. The molecule has 0 saturated heterocycles. The van der Waals surface area contributed by atoms with Crippen LogP contribution in [0.1, 0.15) is 41.0 Å². The number of carbonyl (C=O) groups is 1. The fourth-order valence-corrected chi connectivity index (χ4v) is 2.35. The monoisotopic (exact) mass is 247 g/mol. The van der Waals surface area contributed by atoms with Gasteiger partial charge >= 0.3 is 0 Å². The SMILES string of the molecule is Cc1ccc(C(=O)N(CCN)C2CCC2)c(C)n1. The predicted molar refractivity (Wildman–Crippen MR) is 71.4 cm³/mol. The van der Waals surface area contributed by atoms with E-state index in [9.17, 15) is 4.79 Å². The normalized spacial score (nSPS) is 15.3. The van der Waals surface area contributed by atoms with Gasteiger partial charge in [0.1, 0.15) is 0 Å². The Morgan fingerprint density at radius 2 is 2.17 bits per heavy atom. The molecule has 2 N–H and O–H groups in total. The van der Waals surface area contributed by atoms with Crippen LogP contribution in [0.4, 0.5) is 0 Å². The van der Waals surface area contributed by atoms with Gasteiger partial charge in [-0.1, -0.05) is 0 Å².